The molecule has 4 aromatic rings. The van der Waals surface area contributed by atoms with Gasteiger partial charge < -0.3 is 14.8 Å². The molecule has 9 nitrogen and oxygen atoms in total. The first kappa shape index (κ1) is 28.5. The van der Waals surface area contributed by atoms with Crippen molar-refractivity contribution in [1.82, 2.24) is 24.2 Å². The van der Waals surface area contributed by atoms with E-state index in [4.69, 9.17) is 0 Å². The van der Waals surface area contributed by atoms with Gasteiger partial charge >= 0.3 is 0 Å². The van der Waals surface area contributed by atoms with Crippen LogP contribution in [0.5, 0.6) is 0 Å². The molecule has 5 rings (SSSR count). The fraction of sp³-hybridized carbons (Fsp3) is 0.323. The first-order chi connectivity index (χ1) is 19.5. The normalized spacial score (nSPS) is 15.5. The summed E-state index contributed by atoms with van der Waals surface area (Å²) >= 11 is 0. The van der Waals surface area contributed by atoms with Crippen molar-refractivity contribution < 1.29 is 13.2 Å². The maximum Gasteiger partial charge on any atom is 0.261 e. The van der Waals surface area contributed by atoms with E-state index in [-0.39, 0.29) is 17.5 Å². The van der Waals surface area contributed by atoms with Crippen molar-refractivity contribution >= 4 is 21.6 Å². The lowest BCUT2D eigenvalue weighted by molar-refractivity contribution is -0.123. The highest BCUT2D eigenvalue weighted by Gasteiger charge is 2.38. The number of carbonyl (C=O) groups excluding carboxylic acids is 1. The van der Waals surface area contributed by atoms with Gasteiger partial charge in [0.2, 0.25) is 5.91 Å². The lowest BCUT2D eigenvalue weighted by Gasteiger charge is -2.40. The number of hydrogen-bond acceptors (Lipinski definition) is 6. The summed E-state index contributed by atoms with van der Waals surface area (Å²) < 4.78 is 31.4. The molecular formula is C31H36N6O3S. The number of sulfonamides is 1. The Labute approximate surface area is 241 Å². The van der Waals surface area contributed by atoms with E-state index >= 15 is 0 Å². The molecule has 41 heavy (non-hydrogen) atoms. The van der Waals surface area contributed by atoms with Gasteiger partial charge in [0.05, 0.1) is 25.1 Å². The Morgan fingerprint density at radius 2 is 1.80 bits per heavy atom. The fourth-order valence-corrected chi connectivity index (χ4v) is 6.75. The van der Waals surface area contributed by atoms with Crippen molar-refractivity contribution in [3.63, 3.8) is 0 Å². The van der Waals surface area contributed by atoms with E-state index in [1.54, 1.807) is 18.5 Å². The van der Waals surface area contributed by atoms with Gasteiger partial charge in [-0.05, 0) is 68.1 Å². The van der Waals surface area contributed by atoms with Crippen LogP contribution < -0.4 is 10.2 Å². The van der Waals surface area contributed by atoms with Gasteiger partial charge in [-0.15, -0.1) is 0 Å². The van der Waals surface area contributed by atoms with Crippen LogP contribution in [0.1, 0.15) is 32.0 Å². The third-order valence-electron chi connectivity index (χ3n) is 7.12. The molecule has 1 aliphatic rings. The average Bonchev–Trinajstić information content (AvgIpc) is 3.35. The van der Waals surface area contributed by atoms with Crippen LogP contribution in [0.15, 0.2) is 90.5 Å². The number of anilines is 1. The molecule has 2 aromatic carbocycles. The number of aromatic nitrogens is 3. The second-order valence-electron chi connectivity index (χ2n) is 11.5. The summed E-state index contributed by atoms with van der Waals surface area (Å²) in [5, 5.41) is 2.85. The van der Waals surface area contributed by atoms with Gasteiger partial charge in [-0.2, -0.15) is 4.31 Å². The van der Waals surface area contributed by atoms with Crippen molar-refractivity contribution in [2.45, 2.75) is 50.3 Å². The van der Waals surface area contributed by atoms with Crippen molar-refractivity contribution in [3.05, 3.63) is 96.7 Å². The zero-order valence-electron chi connectivity index (χ0n) is 23.9. The Balaban J connectivity index is 1.57. The zero-order valence-corrected chi connectivity index (χ0v) is 24.7. The molecule has 0 saturated heterocycles. The summed E-state index contributed by atoms with van der Waals surface area (Å²) in [5.41, 5.74) is 4.67. The van der Waals surface area contributed by atoms with E-state index in [0.29, 0.717) is 19.5 Å². The molecule has 1 unspecified atom stereocenters. The van der Waals surface area contributed by atoms with E-state index in [1.807, 2.05) is 56.8 Å². The van der Waals surface area contributed by atoms with E-state index in [9.17, 15) is 13.2 Å². The van der Waals surface area contributed by atoms with Crippen LogP contribution in [-0.2, 0) is 34.8 Å². The highest BCUT2D eigenvalue weighted by atomic mass is 32.2. The van der Waals surface area contributed by atoms with E-state index in [1.165, 1.54) is 16.6 Å². The van der Waals surface area contributed by atoms with Crippen LogP contribution in [0.4, 0.5) is 5.69 Å². The number of imidazole rings is 1. The molecule has 0 fully saturated rings. The van der Waals surface area contributed by atoms with Crippen LogP contribution in [0, 0.1) is 0 Å². The Hall–Kier alpha value is -4.02. The molecule has 1 atom stereocenters. The van der Waals surface area contributed by atoms with Gasteiger partial charge in [0, 0.05) is 43.3 Å². The largest absolute Gasteiger partial charge is 0.364 e. The van der Waals surface area contributed by atoms with E-state index < -0.39 is 21.6 Å². The molecule has 1 amide bonds. The van der Waals surface area contributed by atoms with Crippen LogP contribution >= 0.6 is 0 Å². The minimum absolute atomic E-state index is 0.0782. The van der Waals surface area contributed by atoms with Crippen molar-refractivity contribution in [3.8, 4) is 11.1 Å². The number of hydrogen-bond donors (Lipinski definition) is 1. The highest BCUT2D eigenvalue weighted by molar-refractivity contribution is 7.89. The number of aryl methyl sites for hydroxylation is 1. The summed E-state index contributed by atoms with van der Waals surface area (Å²) in [6.45, 7) is 6.25. The van der Waals surface area contributed by atoms with Gasteiger partial charge in [0.15, 0.2) is 5.03 Å². The molecule has 2 aromatic heterocycles. The molecule has 3 heterocycles. The number of fused-ring (bicyclic) bond motifs is 1. The molecule has 0 radical (unpaired) electrons. The highest BCUT2D eigenvalue weighted by Crippen LogP contribution is 2.35. The van der Waals surface area contributed by atoms with Gasteiger partial charge in [0.1, 0.15) is 0 Å². The van der Waals surface area contributed by atoms with Gasteiger partial charge in [-0.25, -0.2) is 18.4 Å². The maximum absolute atomic E-state index is 14.1. The predicted octanol–water partition coefficient (Wildman–Crippen LogP) is 4.02. The lowest BCUT2D eigenvalue weighted by Crippen LogP contribution is -2.55. The molecule has 1 N–H and O–H groups in total. The topological polar surface area (TPSA) is 100 Å². The number of rotatable bonds is 8. The van der Waals surface area contributed by atoms with Crippen LogP contribution in [0.3, 0.4) is 0 Å². The minimum Gasteiger partial charge on any atom is -0.364 e. The van der Waals surface area contributed by atoms with Crippen molar-refractivity contribution in [2.75, 3.05) is 18.0 Å². The molecular weight excluding hydrogens is 536 g/mol. The fourth-order valence-electron chi connectivity index (χ4n) is 5.24. The lowest BCUT2D eigenvalue weighted by atomic mass is 9.93. The molecule has 0 saturated carbocycles. The third kappa shape index (κ3) is 6.49. The molecule has 0 bridgehead atoms. The SMILES string of the molecule is Cn1cncc1CN1CC(N(CC(=O)NC(C)(C)C)S(=O)(=O)c2ccccn2)Cc2cc(-c3ccccc3)ccc21. The molecule has 1 aliphatic heterocycles. The minimum atomic E-state index is -4.09. The first-order valence-electron chi connectivity index (χ1n) is 13.6. The maximum atomic E-state index is 14.1. The third-order valence-corrected chi connectivity index (χ3v) is 8.93. The van der Waals surface area contributed by atoms with Crippen LogP contribution in [0.25, 0.3) is 11.1 Å². The van der Waals surface area contributed by atoms with E-state index in [2.05, 4.69) is 50.5 Å². The number of carbonyl (C=O) groups is 1. The standard InChI is InChI=1S/C31H36N6O3S/c1-31(2,3)34-29(38)21-37(41(39,40)30-12-8-9-15-33-30)26-17-25-16-24(23-10-6-5-7-11-23)13-14-28(25)36(19-26)20-27-18-32-22-35(27)4/h5-16,18,22,26H,17,19-21H2,1-4H3,(H,34,38). The second kappa shape index (κ2) is 11.5. The van der Waals surface area contributed by atoms with Gasteiger partial charge in [0.25, 0.3) is 10.0 Å². The summed E-state index contributed by atoms with van der Waals surface area (Å²) in [7, 11) is -2.15. The number of benzene rings is 2. The Bertz CT molecular complexity index is 1610. The molecule has 0 spiro atoms. The van der Waals surface area contributed by atoms with Gasteiger partial charge in [-0.1, -0.05) is 42.5 Å². The summed E-state index contributed by atoms with van der Waals surface area (Å²) in [4.78, 5) is 23.8. The van der Waals surface area contributed by atoms with Gasteiger partial charge in [-0.3, -0.25) is 4.79 Å². The number of pyridine rings is 1. The Morgan fingerprint density at radius 3 is 2.46 bits per heavy atom. The summed E-state index contributed by atoms with van der Waals surface area (Å²) in [6, 6.07) is 20.7. The Morgan fingerprint density at radius 1 is 1.05 bits per heavy atom. The number of amides is 1. The number of nitrogens with zero attached hydrogens (tertiary/aromatic N) is 5. The number of nitrogens with one attached hydrogen (secondary N) is 1. The molecule has 214 valence electrons. The monoisotopic (exact) mass is 572 g/mol. The van der Waals surface area contributed by atoms with Crippen LogP contribution in [-0.4, -0.2) is 57.8 Å². The average molecular weight is 573 g/mol. The quantitative estimate of drug-likeness (QED) is 0.342. The van der Waals surface area contributed by atoms with Crippen LogP contribution in [0.2, 0.25) is 0 Å². The second-order valence-corrected chi connectivity index (χ2v) is 13.3. The summed E-state index contributed by atoms with van der Waals surface area (Å²) in [6.07, 6.45) is 5.48. The van der Waals surface area contributed by atoms with E-state index in [0.717, 1.165) is 28.1 Å². The smallest absolute Gasteiger partial charge is 0.261 e. The molecule has 0 aliphatic carbocycles. The Kier molecular flexibility index (Phi) is 7.97. The zero-order chi connectivity index (χ0) is 29.2. The first-order valence-corrected chi connectivity index (χ1v) is 15.1. The predicted molar refractivity (Wildman–Crippen MR) is 160 cm³/mol. The van der Waals surface area contributed by atoms with Crippen molar-refractivity contribution in [1.29, 1.82) is 0 Å². The molecule has 10 heteroatoms. The summed E-state index contributed by atoms with van der Waals surface area (Å²) in [5.74, 6) is -0.362. The van der Waals surface area contributed by atoms with Crippen molar-refractivity contribution in [2.24, 2.45) is 7.05 Å².